The smallest absolute Gasteiger partial charge is 0.323 e. The number of carbonyl (C=O) groups excluding carboxylic acids is 2. The average Bonchev–Trinajstić information content (AvgIpc) is 3.36. The minimum atomic E-state index is -4.02. The van der Waals surface area contributed by atoms with Crippen molar-refractivity contribution in [2.75, 3.05) is 33.9 Å². The number of esters is 1. The van der Waals surface area contributed by atoms with Gasteiger partial charge in [0.25, 0.3) is 10.0 Å². The molecule has 3 heterocycles. The van der Waals surface area contributed by atoms with Gasteiger partial charge in [-0.25, -0.2) is 12.7 Å². The first-order valence-corrected chi connectivity index (χ1v) is 12.8. The van der Waals surface area contributed by atoms with Gasteiger partial charge in [0.1, 0.15) is 6.04 Å². The normalized spacial score (nSPS) is 33.7. The van der Waals surface area contributed by atoms with Crippen molar-refractivity contribution < 1.29 is 32.2 Å². The van der Waals surface area contributed by atoms with E-state index in [1.165, 1.54) is 19.2 Å². The number of amides is 1. The number of nitrogens with zero attached hydrogens (tertiary/aromatic N) is 2. The third-order valence-corrected chi connectivity index (χ3v) is 9.90. The Morgan fingerprint density at radius 2 is 1.79 bits per heavy atom. The molecule has 0 radical (unpaired) electrons. The van der Waals surface area contributed by atoms with E-state index in [9.17, 15) is 18.0 Å². The highest BCUT2D eigenvalue weighted by molar-refractivity contribution is 7.89. The summed E-state index contributed by atoms with van der Waals surface area (Å²) in [5.41, 5.74) is -0.0883. The summed E-state index contributed by atoms with van der Waals surface area (Å²) in [6.45, 7) is 2.94. The molecule has 0 bridgehead atoms. The molecule has 1 aromatic carbocycles. The van der Waals surface area contributed by atoms with Crippen LogP contribution in [0.2, 0.25) is 0 Å². The van der Waals surface area contributed by atoms with E-state index in [4.69, 9.17) is 14.2 Å². The Balaban J connectivity index is 1.56. The minimum absolute atomic E-state index is 0.0941. The molecule has 4 aliphatic rings. The Morgan fingerprint density at radius 1 is 1.12 bits per heavy atom. The predicted octanol–water partition coefficient (Wildman–Crippen LogP) is 1.30. The predicted molar refractivity (Wildman–Crippen MR) is 116 cm³/mol. The largest absolute Gasteiger partial charge is 0.468 e. The van der Waals surface area contributed by atoms with Crippen molar-refractivity contribution in [3.63, 3.8) is 0 Å². The van der Waals surface area contributed by atoms with E-state index in [1.807, 2.05) is 11.8 Å². The molecule has 9 nitrogen and oxygen atoms in total. The number of carbonyl (C=O) groups is 2. The highest BCUT2D eigenvalue weighted by Gasteiger charge is 2.69. The van der Waals surface area contributed by atoms with E-state index in [0.717, 1.165) is 9.87 Å². The van der Waals surface area contributed by atoms with Crippen molar-refractivity contribution >= 4 is 21.9 Å². The molecule has 4 atom stereocenters. The third kappa shape index (κ3) is 3.25. The van der Waals surface area contributed by atoms with Crippen LogP contribution in [-0.2, 0) is 33.8 Å². The van der Waals surface area contributed by atoms with E-state index in [2.05, 4.69) is 0 Å². The fourth-order valence-corrected chi connectivity index (χ4v) is 7.91. The van der Waals surface area contributed by atoms with Crippen LogP contribution in [0.5, 0.6) is 0 Å². The van der Waals surface area contributed by atoms with Crippen molar-refractivity contribution in [1.82, 2.24) is 9.21 Å². The molecular formula is C23H30N2O7S. The molecule has 5 rings (SSSR count). The quantitative estimate of drug-likeness (QED) is 0.599. The maximum Gasteiger partial charge on any atom is 0.323 e. The highest BCUT2D eigenvalue weighted by Crippen LogP contribution is 2.60. The van der Waals surface area contributed by atoms with Crippen LogP contribution in [-0.4, -0.2) is 81.3 Å². The molecule has 1 saturated carbocycles. The Labute approximate surface area is 194 Å². The summed E-state index contributed by atoms with van der Waals surface area (Å²) in [6, 6.07) is 5.48. The van der Waals surface area contributed by atoms with Gasteiger partial charge in [-0.05, 0) is 44.9 Å². The maximum atomic E-state index is 14.1. The van der Waals surface area contributed by atoms with E-state index >= 15 is 0 Å². The van der Waals surface area contributed by atoms with Crippen LogP contribution in [0.1, 0.15) is 31.2 Å². The number of piperidine rings is 1. The van der Waals surface area contributed by atoms with Crippen molar-refractivity contribution in [3.05, 3.63) is 29.8 Å². The molecule has 0 aromatic heterocycles. The first-order chi connectivity index (χ1) is 15.6. The third-order valence-electron chi connectivity index (χ3n) is 8.10. The molecule has 180 valence electrons. The molecule has 0 unspecified atom stereocenters. The van der Waals surface area contributed by atoms with E-state index in [1.54, 1.807) is 19.2 Å². The lowest BCUT2D eigenvalue weighted by Crippen LogP contribution is -2.65. The molecular weight excluding hydrogens is 448 g/mol. The summed E-state index contributed by atoms with van der Waals surface area (Å²) in [4.78, 5) is 28.7. The number of likely N-dealkylation sites (tertiary alicyclic amines) is 1. The van der Waals surface area contributed by atoms with E-state index in [0.29, 0.717) is 32.5 Å². The number of sulfonamides is 1. The maximum absolute atomic E-state index is 14.1. The monoisotopic (exact) mass is 478 g/mol. The number of benzene rings is 1. The van der Waals surface area contributed by atoms with Crippen molar-refractivity contribution in [2.24, 2.45) is 11.3 Å². The number of hydrogen-bond donors (Lipinski definition) is 0. The molecule has 1 aliphatic carbocycles. The molecule has 1 amide bonds. The zero-order valence-corrected chi connectivity index (χ0v) is 20.0. The highest BCUT2D eigenvalue weighted by atomic mass is 32.2. The van der Waals surface area contributed by atoms with Crippen molar-refractivity contribution in [1.29, 1.82) is 0 Å². The van der Waals surface area contributed by atoms with Crippen LogP contribution >= 0.6 is 0 Å². The van der Waals surface area contributed by atoms with Crippen LogP contribution in [0, 0.1) is 18.3 Å². The summed E-state index contributed by atoms with van der Waals surface area (Å²) in [7, 11) is -0.898. The van der Waals surface area contributed by atoms with Gasteiger partial charge < -0.3 is 14.2 Å². The molecule has 33 heavy (non-hydrogen) atoms. The summed E-state index contributed by atoms with van der Waals surface area (Å²) in [6.07, 6.45) is 1.62. The van der Waals surface area contributed by atoms with Gasteiger partial charge in [-0.1, -0.05) is 17.7 Å². The van der Waals surface area contributed by atoms with E-state index in [-0.39, 0.29) is 23.8 Å². The minimum Gasteiger partial charge on any atom is -0.468 e. The lowest BCUT2D eigenvalue weighted by atomic mass is 9.58. The van der Waals surface area contributed by atoms with Crippen LogP contribution in [0.25, 0.3) is 0 Å². The van der Waals surface area contributed by atoms with Crippen LogP contribution in [0.4, 0.5) is 0 Å². The topological polar surface area (TPSA) is 102 Å². The van der Waals surface area contributed by atoms with Crippen LogP contribution < -0.4 is 0 Å². The van der Waals surface area contributed by atoms with Crippen molar-refractivity contribution in [2.45, 2.75) is 55.4 Å². The molecule has 10 heteroatoms. The lowest BCUT2D eigenvalue weighted by molar-refractivity contribution is -0.223. The van der Waals surface area contributed by atoms with Crippen LogP contribution in [0.3, 0.4) is 0 Å². The van der Waals surface area contributed by atoms with Crippen LogP contribution in [0.15, 0.2) is 29.2 Å². The Kier molecular flexibility index (Phi) is 5.35. The van der Waals surface area contributed by atoms with Gasteiger partial charge in [-0.3, -0.25) is 14.5 Å². The number of likely N-dealkylation sites (N-methyl/N-ethyl adjacent to an activating group) is 1. The molecule has 0 N–H and O–H groups in total. The van der Waals surface area contributed by atoms with E-state index < -0.39 is 45.2 Å². The van der Waals surface area contributed by atoms with Gasteiger partial charge in [0, 0.05) is 25.4 Å². The molecule has 2 spiro atoms. The number of ether oxygens (including phenoxy) is 3. The molecule has 3 saturated heterocycles. The second kappa shape index (κ2) is 7.76. The van der Waals surface area contributed by atoms with Gasteiger partial charge in [-0.15, -0.1) is 0 Å². The number of rotatable bonds is 3. The summed E-state index contributed by atoms with van der Waals surface area (Å²) in [5, 5.41) is 0. The fourth-order valence-electron chi connectivity index (χ4n) is 6.44. The zero-order chi connectivity index (χ0) is 23.6. The van der Waals surface area contributed by atoms with Gasteiger partial charge >= 0.3 is 5.97 Å². The Hall–Kier alpha value is -2.01. The van der Waals surface area contributed by atoms with Gasteiger partial charge in [0.05, 0.1) is 30.6 Å². The second-order valence-corrected chi connectivity index (χ2v) is 11.5. The Bertz CT molecular complexity index is 1070. The number of methoxy groups -OCH3 is 1. The first-order valence-electron chi connectivity index (χ1n) is 11.4. The van der Waals surface area contributed by atoms with Crippen molar-refractivity contribution in [3.8, 4) is 0 Å². The summed E-state index contributed by atoms with van der Waals surface area (Å²) >= 11 is 0. The molecule has 4 fully saturated rings. The summed E-state index contributed by atoms with van der Waals surface area (Å²) < 4.78 is 45.1. The first kappa shape index (κ1) is 22.8. The fraction of sp³-hybridized carbons (Fsp3) is 0.652. The number of hydrogen-bond acceptors (Lipinski definition) is 8. The molecule has 3 aliphatic heterocycles. The zero-order valence-electron chi connectivity index (χ0n) is 19.2. The standard InChI is InChI=1S/C23H30N2O7S/c1-15-4-6-17(7-5-15)33(28,29)25-9-8-16-12-22(31-10-11-32-22)14-19-23(16,21(25)27)13-18(24(19)2)20(26)30-3/h4-7,16,18-19H,8-14H2,1-3H3/t16-,18+,19-,23-/m0/s1. The summed E-state index contributed by atoms with van der Waals surface area (Å²) in [5.74, 6) is -1.82. The average molecular weight is 479 g/mol. The van der Waals surface area contributed by atoms with Gasteiger partial charge in [0.2, 0.25) is 5.91 Å². The Morgan fingerprint density at radius 3 is 2.42 bits per heavy atom. The SMILES string of the molecule is COC(=O)[C@H]1C[C@]23C(=O)N(S(=O)(=O)c4ccc(C)cc4)CC[C@H]2CC2(C[C@@H]3N1C)OCCO2. The number of aryl methyl sites for hydroxylation is 1. The second-order valence-electron chi connectivity index (χ2n) is 9.66. The molecule has 1 aromatic rings. The lowest BCUT2D eigenvalue weighted by Gasteiger charge is -2.54. The van der Waals surface area contributed by atoms with Gasteiger partial charge in [0.15, 0.2) is 5.79 Å². The van der Waals surface area contributed by atoms with Gasteiger partial charge in [-0.2, -0.15) is 0 Å².